The number of likely N-dealkylation sites (tertiary alicyclic amines) is 1. The lowest BCUT2D eigenvalue weighted by Gasteiger charge is -2.32. The van der Waals surface area contributed by atoms with Crippen LogP contribution in [0.5, 0.6) is 5.75 Å². The first kappa shape index (κ1) is 19.1. The van der Waals surface area contributed by atoms with Crippen LogP contribution >= 0.6 is 0 Å². The molecule has 0 radical (unpaired) electrons. The van der Waals surface area contributed by atoms with Gasteiger partial charge in [0.05, 0.1) is 12.8 Å². The van der Waals surface area contributed by atoms with E-state index in [0.717, 1.165) is 35.9 Å². The molecular formula is C21H28N4O2. The highest BCUT2D eigenvalue weighted by atomic mass is 16.5. The number of benzene rings is 1. The third-order valence-corrected chi connectivity index (χ3v) is 4.97. The van der Waals surface area contributed by atoms with Crippen molar-refractivity contribution in [3.63, 3.8) is 0 Å². The first-order valence-electron chi connectivity index (χ1n) is 9.28. The van der Waals surface area contributed by atoms with E-state index in [1.165, 1.54) is 0 Å². The molecule has 0 N–H and O–H groups in total. The minimum absolute atomic E-state index is 0.124. The average molecular weight is 368 g/mol. The van der Waals surface area contributed by atoms with Crippen LogP contribution in [0.4, 0.5) is 5.82 Å². The highest BCUT2D eigenvalue weighted by Gasteiger charge is 2.36. The molecule has 1 aliphatic rings. The van der Waals surface area contributed by atoms with E-state index in [1.807, 2.05) is 48.3 Å². The standard InChI is InChI=1S/C21H28N4O2/c1-21(2,3)25-14-15(12-20(25)26)13-24(4)19-11-10-17(22-23-19)16-8-6-7-9-18(16)27-5/h6-11,15H,12-14H2,1-5H3. The number of amides is 1. The van der Waals surface area contributed by atoms with Crippen molar-refractivity contribution >= 4 is 11.7 Å². The summed E-state index contributed by atoms with van der Waals surface area (Å²) >= 11 is 0. The summed E-state index contributed by atoms with van der Waals surface area (Å²) in [5.74, 6) is 2.12. The van der Waals surface area contributed by atoms with Crippen molar-refractivity contribution in [3.05, 3.63) is 36.4 Å². The molecule has 1 fully saturated rings. The van der Waals surface area contributed by atoms with Crippen molar-refractivity contribution in [1.29, 1.82) is 0 Å². The molecule has 0 aliphatic carbocycles. The van der Waals surface area contributed by atoms with Crippen molar-refractivity contribution in [2.24, 2.45) is 5.92 Å². The molecule has 1 aromatic heterocycles. The first-order valence-corrected chi connectivity index (χ1v) is 9.28. The van der Waals surface area contributed by atoms with Gasteiger partial charge in [-0.2, -0.15) is 0 Å². The van der Waals surface area contributed by atoms with Gasteiger partial charge in [-0.25, -0.2) is 0 Å². The normalized spacial score (nSPS) is 17.3. The van der Waals surface area contributed by atoms with Crippen LogP contribution in [-0.2, 0) is 4.79 Å². The fraction of sp³-hybridized carbons (Fsp3) is 0.476. The number of nitrogens with zero attached hydrogens (tertiary/aromatic N) is 4. The Morgan fingerprint density at radius 2 is 1.93 bits per heavy atom. The van der Waals surface area contributed by atoms with Crippen LogP contribution < -0.4 is 9.64 Å². The summed E-state index contributed by atoms with van der Waals surface area (Å²) in [7, 11) is 3.65. The minimum Gasteiger partial charge on any atom is -0.496 e. The van der Waals surface area contributed by atoms with E-state index in [4.69, 9.17) is 4.74 Å². The SMILES string of the molecule is COc1ccccc1-c1ccc(N(C)CC2CC(=O)N(C(C)(C)C)C2)nn1. The van der Waals surface area contributed by atoms with Crippen LogP contribution in [0.25, 0.3) is 11.3 Å². The molecule has 1 unspecified atom stereocenters. The van der Waals surface area contributed by atoms with Crippen LogP contribution in [0.15, 0.2) is 36.4 Å². The maximum absolute atomic E-state index is 12.3. The Labute approximate surface area is 161 Å². The Kier molecular flexibility index (Phi) is 5.35. The van der Waals surface area contributed by atoms with Crippen LogP contribution in [0, 0.1) is 5.92 Å². The molecule has 6 nitrogen and oxygen atoms in total. The molecular weight excluding hydrogens is 340 g/mol. The number of ether oxygens (including phenoxy) is 1. The van der Waals surface area contributed by atoms with E-state index in [-0.39, 0.29) is 11.4 Å². The van der Waals surface area contributed by atoms with Crippen LogP contribution in [0.2, 0.25) is 0 Å². The number of para-hydroxylation sites is 1. The lowest BCUT2D eigenvalue weighted by atomic mass is 10.1. The summed E-state index contributed by atoms with van der Waals surface area (Å²) in [5, 5.41) is 8.75. The van der Waals surface area contributed by atoms with Gasteiger partial charge in [0.1, 0.15) is 5.75 Å². The predicted octanol–water partition coefficient (Wildman–Crippen LogP) is 3.24. The zero-order chi connectivity index (χ0) is 19.6. The Bertz CT molecular complexity index is 799. The Balaban J connectivity index is 1.68. The van der Waals surface area contributed by atoms with Gasteiger partial charge in [0.15, 0.2) is 5.82 Å². The first-order chi connectivity index (χ1) is 12.8. The van der Waals surface area contributed by atoms with Crippen LogP contribution in [0.3, 0.4) is 0 Å². The summed E-state index contributed by atoms with van der Waals surface area (Å²) in [5.41, 5.74) is 1.57. The average Bonchev–Trinajstić information content (AvgIpc) is 3.02. The second-order valence-electron chi connectivity index (χ2n) is 8.10. The van der Waals surface area contributed by atoms with E-state index >= 15 is 0 Å². The van der Waals surface area contributed by atoms with E-state index < -0.39 is 0 Å². The Morgan fingerprint density at radius 3 is 2.52 bits per heavy atom. The van der Waals surface area contributed by atoms with Gasteiger partial charge in [-0.1, -0.05) is 12.1 Å². The molecule has 1 amide bonds. The van der Waals surface area contributed by atoms with Gasteiger partial charge in [-0.3, -0.25) is 4.79 Å². The molecule has 0 saturated carbocycles. The van der Waals surface area contributed by atoms with E-state index in [9.17, 15) is 4.79 Å². The predicted molar refractivity (Wildman–Crippen MR) is 107 cm³/mol. The highest BCUT2D eigenvalue weighted by molar-refractivity contribution is 5.79. The van der Waals surface area contributed by atoms with E-state index in [1.54, 1.807) is 7.11 Å². The summed E-state index contributed by atoms with van der Waals surface area (Å²) in [6.07, 6.45) is 0.592. The van der Waals surface area contributed by atoms with Gasteiger partial charge in [0, 0.05) is 43.6 Å². The molecule has 1 atom stereocenters. The molecule has 27 heavy (non-hydrogen) atoms. The maximum atomic E-state index is 12.3. The number of carbonyl (C=O) groups is 1. The van der Waals surface area contributed by atoms with Gasteiger partial charge in [-0.15, -0.1) is 10.2 Å². The molecule has 1 aromatic carbocycles. The van der Waals surface area contributed by atoms with Gasteiger partial charge < -0.3 is 14.5 Å². The number of carbonyl (C=O) groups excluding carboxylic acids is 1. The Hall–Kier alpha value is -2.63. The van der Waals surface area contributed by atoms with Crippen molar-refractivity contribution < 1.29 is 9.53 Å². The zero-order valence-corrected chi connectivity index (χ0v) is 16.8. The smallest absolute Gasteiger partial charge is 0.223 e. The maximum Gasteiger partial charge on any atom is 0.223 e. The van der Waals surface area contributed by atoms with E-state index in [2.05, 4.69) is 35.9 Å². The highest BCUT2D eigenvalue weighted by Crippen LogP contribution is 2.29. The summed E-state index contributed by atoms with van der Waals surface area (Å²) in [6, 6.07) is 11.7. The largest absolute Gasteiger partial charge is 0.496 e. The Morgan fingerprint density at radius 1 is 1.19 bits per heavy atom. The number of methoxy groups -OCH3 is 1. The molecule has 2 heterocycles. The number of hydrogen-bond acceptors (Lipinski definition) is 5. The van der Waals surface area contributed by atoms with Gasteiger partial charge >= 0.3 is 0 Å². The molecule has 3 rings (SSSR count). The van der Waals surface area contributed by atoms with Crippen molar-refractivity contribution in [3.8, 4) is 17.0 Å². The monoisotopic (exact) mass is 368 g/mol. The van der Waals surface area contributed by atoms with Crippen molar-refractivity contribution in [1.82, 2.24) is 15.1 Å². The summed E-state index contributed by atoms with van der Waals surface area (Å²) in [6.45, 7) is 7.82. The van der Waals surface area contributed by atoms with Gasteiger partial charge in [-0.05, 0) is 45.0 Å². The molecule has 2 aromatic rings. The second-order valence-corrected chi connectivity index (χ2v) is 8.10. The molecule has 1 aliphatic heterocycles. The summed E-state index contributed by atoms with van der Waals surface area (Å²) in [4.78, 5) is 16.3. The van der Waals surface area contributed by atoms with Crippen LogP contribution in [0.1, 0.15) is 27.2 Å². The second kappa shape index (κ2) is 7.55. The third-order valence-electron chi connectivity index (χ3n) is 4.97. The number of hydrogen-bond donors (Lipinski definition) is 0. The van der Waals surface area contributed by atoms with Gasteiger partial charge in [0.2, 0.25) is 5.91 Å². The molecule has 1 saturated heterocycles. The number of aromatic nitrogens is 2. The topological polar surface area (TPSA) is 58.6 Å². The molecule has 0 spiro atoms. The molecule has 6 heteroatoms. The lowest BCUT2D eigenvalue weighted by molar-refractivity contribution is -0.131. The molecule has 0 bridgehead atoms. The fourth-order valence-corrected chi connectivity index (χ4v) is 3.56. The summed E-state index contributed by atoms with van der Waals surface area (Å²) < 4.78 is 5.40. The lowest BCUT2D eigenvalue weighted by Crippen LogP contribution is -2.42. The van der Waals surface area contributed by atoms with Gasteiger partial charge in [0.25, 0.3) is 0 Å². The molecule has 144 valence electrons. The van der Waals surface area contributed by atoms with Crippen molar-refractivity contribution in [2.75, 3.05) is 32.1 Å². The number of rotatable bonds is 5. The zero-order valence-electron chi connectivity index (χ0n) is 16.8. The van der Waals surface area contributed by atoms with Crippen LogP contribution in [-0.4, -0.2) is 53.8 Å². The van der Waals surface area contributed by atoms with E-state index in [0.29, 0.717) is 12.3 Å². The van der Waals surface area contributed by atoms with Crippen molar-refractivity contribution in [2.45, 2.75) is 32.7 Å². The minimum atomic E-state index is -0.124. The third kappa shape index (κ3) is 4.21. The quantitative estimate of drug-likeness (QED) is 0.811. The fourth-order valence-electron chi connectivity index (χ4n) is 3.56. The number of anilines is 1.